The van der Waals surface area contributed by atoms with Crippen LogP contribution in [0, 0.1) is 5.82 Å². The van der Waals surface area contributed by atoms with Gasteiger partial charge in [-0.1, -0.05) is 32.1 Å². The van der Waals surface area contributed by atoms with Gasteiger partial charge in [-0.2, -0.15) is 8.42 Å². The number of carbonyl (C=O) groups excluding carboxylic acids is 1. The molecule has 2 aliphatic carbocycles. The topological polar surface area (TPSA) is 127 Å². The van der Waals surface area contributed by atoms with Gasteiger partial charge >= 0.3 is 10.4 Å². The number of nitrogens with zero attached hydrogens (tertiary/aromatic N) is 1. The Morgan fingerprint density at radius 2 is 1.79 bits per heavy atom. The van der Waals surface area contributed by atoms with Crippen LogP contribution < -0.4 is 16.1 Å². The molecule has 2 saturated carbocycles. The molecular formula is C23H30FN3O6S. The molecule has 0 saturated heterocycles. The van der Waals surface area contributed by atoms with Gasteiger partial charge in [-0.3, -0.25) is 14.1 Å². The summed E-state index contributed by atoms with van der Waals surface area (Å²) in [5.41, 5.74) is 0.201. The van der Waals surface area contributed by atoms with Gasteiger partial charge in [0.15, 0.2) is 0 Å². The molecule has 3 N–H and O–H groups in total. The molecule has 186 valence electrons. The van der Waals surface area contributed by atoms with Crippen LogP contribution in [0.25, 0.3) is 10.9 Å². The number of pyridine rings is 1. The lowest BCUT2D eigenvalue weighted by Gasteiger charge is -2.25. The minimum atomic E-state index is -4.63. The Morgan fingerprint density at radius 1 is 1.12 bits per heavy atom. The lowest BCUT2D eigenvalue weighted by molar-refractivity contribution is 0.0944. The van der Waals surface area contributed by atoms with E-state index in [-0.39, 0.29) is 29.6 Å². The van der Waals surface area contributed by atoms with E-state index in [1.165, 1.54) is 18.7 Å². The summed E-state index contributed by atoms with van der Waals surface area (Å²) in [6.07, 6.45) is 10.7. The monoisotopic (exact) mass is 495 g/mol. The first kappa shape index (κ1) is 24.6. The van der Waals surface area contributed by atoms with Crippen molar-refractivity contribution in [1.82, 2.24) is 9.88 Å². The summed E-state index contributed by atoms with van der Waals surface area (Å²) in [6, 6.07) is 3.17. The van der Waals surface area contributed by atoms with Crippen LogP contribution in [0.5, 0.6) is 0 Å². The molecule has 0 atom stereocenters. The number of amides is 1. The Bertz CT molecular complexity index is 1220. The highest BCUT2D eigenvalue weighted by Gasteiger charge is 2.24. The number of fused-ring (bicyclic) bond motifs is 1. The van der Waals surface area contributed by atoms with E-state index >= 15 is 4.39 Å². The SMILES string of the molecule is O=C(NCCOS(=O)(=O)O)c1cn(C2CCCC2)c2cc(NC3CCCCC3)c(F)cc2c1=O. The third-order valence-corrected chi connectivity index (χ3v) is 7.13. The van der Waals surface area contributed by atoms with Gasteiger partial charge in [0.2, 0.25) is 5.43 Å². The van der Waals surface area contributed by atoms with Crippen LogP contribution in [-0.4, -0.2) is 42.6 Å². The first-order valence-electron chi connectivity index (χ1n) is 11.8. The average Bonchev–Trinajstić information content (AvgIpc) is 3.33. The van der Waals surface area contributed by atoms with Crippen molar-refractivity contribution in [2.75, 3.05) is 18.5 Å². The maximum Gasteiger partial charge on any atom is 0.397 e. The molecule has 0 bridgehead atoms. The van der Waals surface area contributed by atoms with Crippen LogP contribution in [0.3, 0.4) is 0 Å². The van der Waals surface area contributed by atoms with Crippen molar-refractivity contribution < 1.29 is 26.3 Å². The van der Waals surface area contributed by atoms with Crippen molar-refractivity contribution in [3.8, 4) is 0 Å². The summed E-state index contributed by atoms with van der Waals surface area (Å²) in [4.78, 5) is 25.9. The fraction of sp³-hybridized carbons (Fsp3) is 0.565. The third kappa shape index (κ3) is 5.76. The molecule has 0 radical (unpaired) electrons. The zero-order chi connectivity index (χ0) is 24.3. The minimum absolute atomic E-state index is 0.0884. The second kappa shape index (κ2) is 10.4. The fourth-order valence-electron chi connectivity index (χ4n) is 5.00. The van der Waals surface area contributed by atoms with Crippen molar-refractivity contribution in [2.45, 2.75) is 69.9 Å². The molecule has 1 aromatic heterocycles. The molecule has 4 rings (SSSR count). The predicted molar refractivity (Wildman–Crippen MR) is 126 cm³/mol. The van der Waals surface area contributed by atoms with E-state index in [0.717, 1.165) is 51.4 Å². The Morgan fingerprint density at radius 3 is 2.47 bits per heavy atom. The van der Waals surface area contributed by atoms with Crippen LogP contribution in [-0.2, 0) is 14.6 Å². The highest BCUT2D eigenvalue weighted by atomic mass is 32.3. The number of nitrogens with one attached hydrogen (secondary N) is 2. The standard InChI is InChI=1S/C23H30FN3O6S/c24-19-12-17-21(13-20(19)26-15-6-2-1-3-7-15)27(16-8-4-5-9-16)14-18(22(17)28)23(29)25-10-11-33-34(30,31)32/h12-16,26H,1-11H2,(H,25,29)(H,30,31,32). The summed E-state index contributed by atoms with van der Waals surface area (Å²) >= 11 is 0. The number of carbonyl (C=O) groups is 1. The van der Waals surface area contributed by atoms with E-state index in [9.17, 15) is 18.0 Å². The maximum atomic E-state index is 15.0. The molecule has 2 aromatic rings. The zero-order valence-electron chi connectivity index (χ0n) is 18.9. The molecule has 1 heterocycles. The van der Waals surface area contributed by atoms with Gasteiger partial charge in [-0.25, -0.2) is 8.57 Å². The number of anilines is 1. The predicted octanol–water partition coefficient (Wildman–Crippen LogP) is 3.55. The number of rotatable bonds is 8. The lowest BCUT2D eigenvalue weighted by atomic mass is 9.95. The van der Waals surface area contributed by atoms with Gasteiger partial charge in [0.05, 0.1) is 17.8 Å². The van der Waals surface area contributed by atoms with E-state index in [1.807, 2.05) is 4.57 Å². The van der Waals surface area contributed by atoms with Crippen LogP contribution >= 0.6 is 0 Å². The highest BCUT2D eigenvalue weighted by Crippen LogP contribution is 2.33. The summed E-state index contributed by atoms with van der Waals surface area (Å²) < 4.78 is 51.1. The quantitative estimate of drug-likeness (QED) is 0.378. The first-order valence-corrected chi connectivity index (χ1v) is 13.1. The molecular weight excluding hydrogens is 465 g/mol. The second-order valence-electron chi connectivity index (χ2n) is 9.05. The number of hydrogen-bond donors (Lipinski definition) is 3. The van der Waals surface area contributed by atoms with E-state index in [1.54, 1.807) is 6.07 Å². The van der Waals surface area contributed by atoms with Crippen molar-refractivity contribution in [1.29, 1.82) is 0 Å². The molecule has 9 nitrogen and oxygen atoms in total. The van der Waals surface area contributed by atoms with Gasteiger partial charge < -0.3 is 15.2 Å². The fourth-order valence-corrected chi connectivity index (χ4v) is 5.29. The second-order valence-corrected chi connectivity index (χ2v) is 10.1. The van der Waals surface area contributed by atoms with E-state index < -0.39 is 34.2 Å². The molecule has 0 spiro atoms. The number of benzene rings is 1. The largest absolute Gasteiger partial charge is 0.397 e. The molecule has 2 aliphatic rings. The van der Waals surface area contributed by atoms with Gasteiger partial charge in [0.25, 0.3) is 5.91 Å². The molecule has 1 amide bonds. The Balaban J connectivity index is 1.67. The zero-order valence-corrected chi connectivity index (χ0v) is 19.7. The molecule has 34 heavy (non-hydrogen) atoms. The van der Waals surface area contributed by atoms with E-state index in [0.29, 0.717) is 11.2 Å². The maximum absolute atomic E-state index is 15.0. The first-order chi connectivity index (χ1) is 16.2. The third-order valence-electron chi connectivity index (χ3n) is 6.67. The smallest absolute Gasteiger partial charge is 0.380 e. The van der Waals surface area contributed by atoms with Gasteiger partial charge in [-0.15, -0.1) is 0 Å². The molecule has 11 heteroatoms. The normalized spacial score (nSPS) is 17.8. The molecule has 1 aromatic carbocycles. The highest BCUT2D eigenvalue weighted by molar-refractivity contribution is 7.80. The summed E-state index contributed by atoms with van der Waals surface area (Å²) in [5, 5.41) is 5.85. The van der Waals surface area contributed by atoms with Crippen LogP contribution in [0.1, 0.15) is 74.2 Å². The molecule has 2 fully saturated rings. The van der Waals surface area contributed by atoms with E-state index in [2.05, 4.69) is 14.8 Å². The van der Waals surface area contributed by atoms with Crippen LogP contribution in [0.2, 0.25) is 0 Å². The van der Waals surface area contributed by atoms with Crippen LogP contribution in [0.15, 0.2) is 23.1 Å². The summed E-state index contributed by atoms with van der Waals surface area (Å²) in [6.45, 7) is -0.724. The summed E-state index contributed by atoms with van der Waals surface area (Å²) in [7, 11) is -4.63. The van der Waals surface area contributed by atoms with E-state index in [4.69, 9.17) is 4.55 Å². The van der Waals surface area contributed by atoms with Crippen molar-refractivity contribution in [2.24, 2.45) is 0 Å². The number of aromatic nitrogens is 1. The van der Waals surface area contributed by atoms with Crippen molar-refractivity contribution >= 4 is 32.9 Å². The Labute approximate surface area is 197 Å². The lowest BCUT2D eigenvalue weighted by Crippen LogP contribution is -2.33. The number of halogens is 1. The Hall–Kier alpha value is -2.50. The van der Waals surface area contributed by atoms with Crippen LogP contribution in [0.4, 0.5) is 10.1 Å². The Kier molecular flexibility index (Phi) is 7.54. The van der Waals surface area contributed by atoms with Crippen molar-refractivity contribution in [3.05, 3.63) is 39.9 Å². The van der Waals surface area contributed by atoms with Gasteiger partial charge in [0, 0.05) is 30.2 Å². The summed E-state index contributed by atoms with van der Waals surface area (Å²) in [5.74, 6) is -1.25. The van der Waals surface area contributed by atoms with Gasteiger partial charge in [0.1, 0.15) is 11.4 Å². The van der Waals surface area contributed by atoms with Crippen molar-refractivity contribution in [3.63, 3.8) is 0 Å². The molecule has 0 aliphatic heterocycles. The molecule has 0 unspecified atom stereocenters. The average molecular weight is 496 g/mol. The minimum Gasteiger partial charge on any atom is -0.380 e. The van der Waals surface area contributed by atoms with Gasteiger partial charge in [-0.05, 0) is 37.8 Å². The number of hydrogen-bond acceptors (Lipinski definition) is 6.